The number of carbonyl (C=O) groups excluding carboxylic acids is 1. The summed E-state index contributed by atoms with van der Waals surface area (Å²) in [4.78, 5) is 11.2. The summed E-state index contributed by atoms with van der Waals surface area (Å²) in [5, 5.41) is 10.1. The number of nitrogens with zero attached hydrogens (tertiary/aromatic N) is 2. The quantitative estimate of drug-likeness (QED) is 0.871. The van der Waals surface area contributed by atoms with Gasteiger partial charge in [0.1, 0.15) is 0 Å². The van der Waals surface area contributed by atoms with Gasteiger partial charge in [-0.2, -0.15) is 0 Å². The molecular weight excluding hydrogens is 233 g/mol. The van der Waals surface area contributed by atoms with Crippen LogP contribution in [-0.4, -0.2) is 22.6 Å². The third-order valence-corrected chi connectivity index (χ3v) is 2.19. The topological polar surface area (TPSA) is 54.9 Å². The first-order chi connectivity index (χ1) is 6.09. The molecule has 7 heteroatoms. The smallest absolute Gasteiger partial charge is 0.282 e. The van der Waals surface area contributed by atoms with Crippen molar-refractivity contribution in [2.24, 2.45) is 0 Å². The maximum Gasteiger partial charge on any atom is 0.282 e. The highest BCUT2D eigenvalue weighted by Gasteiger charge is 2.10. The molecule has 1 heterocycles. The van der Waals surface area contributed by atoms with Gasteiger partial charge in [-0.1, -0.05) is 29.5 Å². The van der Waals surface area contributed by atoms with Gasteiger partial charge in [0.25, 0.3) is 5.91 Å². The number of halogens is 2. The predicted octanol–water partition coefficient (Wildman–Crippen LogP) is 1.67. The van der Waals surface area contributed by atoms with E-state index in [-0.39, 0.29) is 21.9 Å². The molecule has 0 spiro atoms. The van der Waals surface area contributed by atoms with Crippen molar-refractivity contribution >= 4 is 40.4 Å². The predicted molar refractivity (Wildman–Crippen MR) is 52.2 cm³/mol. The van der Waals surface area contributed by atoms with Gasteiger partial charge in [0.05, 0.1) is 6.54 Å². The van der Waals surface area contributed by atoms with Gasteiger partial charge < -0.3 is 5.32 Å². The molecule has 0 aliphatic carbocycles. The number of hydrogen-bond donors (Lipinski definition) is 1. The molecule has 1 amide bonds. The van der Waals surface area contributed by atoms with Crippen LogP contribution in [-0.2, 0) is 0 Å². The summed E-state index contributed by atoms with van der Waals surface area (Å²) >= 11 is 11.9. The van der Waals surface area contributed by atoms with Crippen molar-refractivity contribution in [3.05, 3.63) is 21.1 Å². The van der Waals surface area contributed by atoms with Crippen molar-refractivity contribution in [3.8, 4) is 0 Å². The Labute approximate surface area is 88.6 Å². The highest BCUT2D eigenvalue weighted by molar-refractivity contribution is 7.17. The molecular formula is C6H5Cl2N3OS. The Morgan fingerprint density at radius 2 is 2.31 bits per heavy atom. The Morgan fingerprint density at radius 1 is 1.62 bits per heavy atom. The fourth-order valence-electron chi connectivity index (χ4n) is 0.549. The molecule has 0 saturated heterocycles. The van der Waals surface area contributed by atoms with E-state index in [1.807, 2.05) is 0 Å². The second-order valence-corrected chi connectivity index (χ2v) is 4.15. The Bertz CT molecular complexity index is 338. The standard InChI is InChI=1S/C6H5Cl2N3OS/c1-3(7)2-9-4(12)5-10-11-6(8)13-5/h1-2H2,(H,9,12). The SMILES string of the molecule is C=C(Cl)CNC(=O)c1nnc(Cl)s1. The van der Waals surface area contributed by atoms with Gasteiger partial charge in [-0.3, -0.25) is 4.79 Å². The summed E-state index contributed by atoms with van der Waals surface area (Å²) in [6.07, 6.45) is 0. The average molecular weight is 238 g/mol. The molecule has 1 N–H and O–H groups in total. The Hall–Kier alpha value is -0.650. The lowest BCUT2D eigenvalue weighted by molar-refractivity contribution is 0.0956. The Balaban J connectivity index is 2.54. The first kappa shape index (κ1) is 10.4. The summed E-state index contributed by atoms with van der Waals surface area (Å²) in [5.74, 6) is -0.355. The third kappa shape index (κ3) is 3.30. The van der Waals surface area contributed by atoms with Crippen molar-refractivity contribution in [1.29, 1.82) is 0 Å². The summed E-state index contributed by atoms with van der Waals surface area (Å²) in [6, 6.07) is 0. The highest BCUT2D eigenvalue weighted by Crippen LogP contribution is 2.14. The van der Waals surface area contributed by atoms with E-state index in [9.17, 15) is 4.79 Å². The molecule has 0 atom stereocenters. The number of rotatable bonds is 3. The molecule has 0 aromatic carbocycles. The first-order valence-electron chi connectivity index (χ1n) is 3.20. The van der Waals surface area contributed by atoms with Gasteiger partial charge in [-0.15, -0.1) is 10.2 Å². The number of hydrogen-bond acceptors (Lipinski definition) is 4. The second kappa shape index (κ2) is 4.55. The van der Waals surface area contributed by atoms with Crippen molar-refractivity contribution in [3.63, 3.8) is 0 Å². The molecule has 13 heavy (non-hydrogen) atoms. The van der Waals surface area contributed by atoms with E-state index in [1.54, 1.807) is 0 Å². The molecule has 1 aromatic rings. The first-order valence-corrected chi connectivity index (χ1v) is 4.77. The normalized spacial score (nSPS) is 9.69. The fourth-order valence-corrected chi connectivity index (χ4v) is 1.36. The molecule has 0 fully saturated rings. The lowest BCUT2D eigenvalue weighted by Crippen LogP contribution is -2.24. The van der Waals surface area contributed by atoms with Gasteiger partial charge in [-0.05, 0) is 11.6 Å². The maximum absolute atomic E-state index is 11.2. The van der Waals surface area contributed by atoms with Crippen LogP contribution < -0.4 is 5.32 Å². The van der Waals surface area contributed by atoms with Crippen LogP contribution in [0, 0.1) is 0 Å². The molecule has 0 aliphatic heterocycles. The minimum atomic E-state index is -0.355. The van der Waals surface area contributed by atoms with Gasteiger partial charge in [-0.25, -0.2) is 0 Å². The van der Waals surface area contributed by atoms with Crippen LogP contribution in [0.4, 0.5) is 0 Å². The van der Waals surface area contributed by atoms with Crippen LogP contribution in [0.1, 0.15) is 9.80 Å². The zero-order chi connectivity index (χ0) is 9.84. The summed E-state index contributed by atoms with van der Waals surface area (Å²) in [6.45, 7) is 3.62. The van der Waals surface area contributed by atoms with Crippen LogP contribution in [0.2, 0.25) is 4.47 Å². The summed E-state index contributed by atoms with van der Waals surface area (Å²) in [5.41, 5.74) is 0. The summed E-state index contributed by atoms with van der Waals surface area (Å²) in [7, 11) is 0. The highest BCUT2D eigenvalue weighted by atomic mass is 35.5. The molecule has 1 rings (SSSR count). The van der Waals surface area contributed by atoms with Crippen LogP contribution >= 0.6 is 34.5 Å². The van der Waals surface area contributed by atoms with E-state index < -0.39 is 0 Å². The van der Waals surface area contributed by atoms with Gasteiger partial charge in [0, 0.05) is 5.03 Å². The van der Waals surface area contributed by atoms with Gasteiger partial charge >= 0.3 is 0 Å². The van der Waals surface area contributed by atoms with E-state index in [2.05, 4.69) is 22.1 Å². The second-order valence-electron chi connectivity index (χ2n) is 2.06. The Morgan fingerprint density at radius 3 is 2.77 bits per heavy atom. The lowest BCUT2D eigenvalue weighted by Gasteiger charge is -1.98. The van der Waals surface area contributed by atoms with E-state index in [1.165, 1.54) is 0 Å². The number of carbonyl (C=O) groups is 1. The monoisotopic (exact) mass is 237 g/mol. The Kier molecular flexibility index (Phi) is 3.65. The zero-order valence-corrected chi connectivity index (χ0v) is 8.71. The third-order valence-electron chi connectivity index (χ3n) is 1.04. The lowest BCUT2D eigenvalue weighted by atomic mass is 10.5. The van der Waals surface area contributed by atoms with Crippen LogP contribution in [0.15, 0.2) is 11.6 Å². The molecule has 70 valence electrons. The van der Waals surface area contributed by atoms with Crippen molar-refractivity contribution in [1.82, 2.24) is 15.5 Å². The van der Waals surface area contributed by atoms with Gasteiger partial charge in [0.2, 0.25) is 9.47 Å². The molecule has 0 bridgehead atoms. The van der Waals surface area contributed by atoms with Crippen LogP contribution in [0.5, 0.6) is 0 Å². The average Bonchev–Trinajstić information content (AvgIpc) is 2.47. The van der Waals surface area contributed by atoms with Crippen molar-refractivity contribution in [2.45, 2.75) is 0 Å². The van der Waals surface area contributed by atoms with E-state index in [4.69, 9.17) is 23.2 Å². The number of aromatic nitrogens is 2. The molecule has 4 nitrogen and oxygen atoms in total. The minimum Gasteiger partial charge on any atom is -0.345 e. The van der Waals surface area contributed by atoms with E-state index in [0.29, 0.717) is 5.03 Å². The minimum absolute atomic E-state index is 0.206. The molecule has 1 aromatic heterocycles. The maximum atomic E-state index is 11.2. The molecule has 0 aliphatic rings. The van der Waals surface area contributed by atoms with Crippen LogP contribution in [0.25, 0.3) is 0 Å². The zero-order valence-electron chi connectivity index (χ0n) is 6.38. The van der Waals surface area contributed by atoms with E-state index in [0.717, 1.165) is 11.3 Å². The molecule has 0 unspecified atom stereocenters. The van der Waals surface area contributed by atoms with Gasteiger partial charge in [0.15, 0.2) is 0 Å². The summed E-state index contributed by atoms with van der Waals surface area (Å²) < 4.78 is 0.231. The van der Waals surface area contributed by atoms with Crippen molar-refractivity contribution < 1.29 is 4.79 Å². The fraction of sp³-hybridized carbons (Fsp3) is 0.167. The van der Waals surface area contributed by atoms with E-state index >= 15 is 0 Å². The molecule has 0 saturated carbocycles. The molecule has 0 radical (unpaired) electrons. The van der Waals surface area contributed by atoms with Crippen LogP contribution in [0.3, 0.4) is 0 Å². The number of amides is 1. The number of nitrogens with one attached hydrogen (secondary N) is 1. The largest absolute Gasteiger partial charge is 0.345 e. The van der Waals surface area contributed by atoms with Crippen molar-refractivity contribution in [2.75, 3.05) is 6.54 Å².